The van der Waals surface area contributed by atoms with E-state index in [1.165, 1.54) is 0 Å². The lowest BCUT2D eigenvalue weighted by molar-refractivity contribution is 0.157. The number of aliphatic hydroxyl groups excluding tert-OH is 1. The minimum Gasteiger partial charge on any atom is -0.469 e. The molecule has 1 aromatic rings. The zero-order valence-corrected chi connectivity index (χ0v) is 8.86. The summed E-state index contributed by atoms with van der Waals surface area (Å²) < 4.78 is 5.18. The number of aryl methyl sites for hydroxylation is 1. The van der Waals surface area contributed by atoms with Gasteiger partial charge in [0.2, 0.25) is 0 Å². The first-order valence-electron chi connectivity index (χ1n) is 5.12. The predicted octanol–water partition coefficient (Wildman–Crippen LogP) is 1.57. The van der Waals surface area contributed by atoms with Crippen molar-refractivity contribution in [3.63, 3.8) is 0 Å². The van der Waals surface area contributed by atoms with Gasteiger partial charge >= 0.3 is 0 Å². The Bertz CT molecular complexity index is 231. The van der Waals surface area contributed by atoms with Gasteiger partial charge in [0.05, 0.1) is 12.4 Å². The predicted molar refractivity (Wildman–Crippen MR) is 56.2 cm³/mol. The zero-order valence-electron chi connectivity index (χ0n) is 8.86. The first-order chi connectivity index (χ1) is 6.68. The van der Waals surface area contributed by atoms with Crippen molar-refractivity contribution in [2.75, 3.05) is 6.54 Å². The van der Waals surface area contributed by atoms with Crippen LogP contribution in [-0.4, -0.2) is 23.8 Å². The van der Waals surface area contributed by atoms with Crippen molar-refractivity contribution >= 4 is 0 Å². The minimum absolute atomic E-state index is 0.289. The van der Waals surface area contributed by atoms with Crippen molar-refractivity contribution in [2.45, 2.75) is 38.8 Å². The number of aliphatic hydroxyl groups is 1. The lowest BCUT2D eigenvalue weighted by Crippen LogP contribution is -2.32. The van der Waals surface area contributed by atoms with Crippen molar-refractivity contribution < 1.29 is 9.52 Å². The third kappa shape index (κ3) is 4.44. The molecule has 0 spiro atoms. The quantitative estimate of drug-likeness (QED) is 0.727. The van der Waals surface area contributed by atoms with Crippen LogP contribution < -0.4 is 5.32 Å². The molecule has 0 saturated carbocycles. The molecule has 1 atom stereocenters. The molecule has 0 bridgehead atoms. The van der Waals surface area contributed by atoms with Crippen LogP contribution in [0.4, 0.5) is 0 Å². The molecular formula is C11H19NO2. The summed E-state index contributed by atoms with van der Waals surface area (Å²) in [5, 5.41) is 12.8. The summed E-state index contributed by atoms with van der Waals surface area (Å²) >= 11 is 0. The Balaban J connectivity index is 2.12. The number of hydrogen-bond donors (Lipinski definition) is 2. The van der Waals surface area contributed by atoms with Crippen LogP contribution >= 0.6 is 0 Å². The summed E-state index contributed by atoms with van der Waals surface area (Å²) in [5.41, 5.74) is 0. The van der Waals surface area contributed by atoms with Crippen molar-refractivity contribution in [3.8, 4) is 0 Å². The van der Waals surface area contributed by atoms with E-state index in [2.05, 4.69) is 19.2 Å². The van der Waals surface area contributed by atoms with Crippen molar-refractivity contribution in [3.05, 3.63) is 24.2 Å². The summed E-state index contributed by atoms with van der Waals surface area (Å²) in [4.78, 5) is 0. The van der Waals surface area contributed by atoms with E-state index in [9.17, 15) is 5.11 Å². The molecular weight excluding hydrogens is 178 g/mol. The van der Waals surface area contributed by atoms with E-state index in [1.54, 1.807) is 6.26 Å². The fourth-order valence-corrected chi connectivity index (χ4v) is 1.24. The van der Waals surface area contributed by atoms with E-state index >= 15 is 0 Å². The lowest BCUT2D eigenvalue weighted by Gasteiger charge is -2.13. The molecule has 0 aromatic carbocycles. The molecule has 1 rings (SSSR count). The first-order valence-corrected chi connectivity index (χ1v) is 5.12. The van der Waals surface area contributed by atoms with E-state index in [1.807, 2.05) is 12.1 Å². The van der Waals surface area contributed by atoms with Crippen LogP contribution in [0, 0.1) is 0 Å². The van der Waals surface area contributed by atoms with Crippen LogP contribution in [0.2, 0.25) is 0 Å². The average Bonchev–Trinajstić information content (AvgIpc) is 2.63. The SMILES string of the molecule is CC(C)NCC(O)CCc1ccco1. The van der Waals surface area contributed by atoms with Gasteiger partial charge in [0.15, 0.2) is 0 Å². The molecule has 1 aromatic heterocycles. The Morgan fingerprint density at radius 3 is 2.86 bits per heavy atom. The fourth-order valence-electron chi connectivity index (χ4n) is 1.24. The Hall–Kier alpha value is -0.800. The van der Waals surface area contributed by atoms with Crippen LogP contribution in [0.25, 0.3) is 0 Å². The van der Waals surface area contributed by atoms with Crippen LogP contribution in [0.15, 0.2) is 22.8 Å². The van der Waals surface area contributed by atoms with E-state index in [0.29, 0.717) is 12.6 Å². The molecule has 0 fully saturated rings. The van der Waals surface area contributed by atoms with Gasteiger partial charge in [-0.2, -0.15) is 0 Å². The maximum atomic E-state index is 9.59. The van der Waals surface area contributed by atoms with Crippen LogP contribution in [0.3, 0.4) is 0 Å². The molecule has 80 valence electrons. The second-order valence-corrected chi connectivity index (χ2v) is 3.83. The van der Waals surface area contributed by atoms with Crippen LogP contribution in [0.5, 0.6) is 0 Å². The Labute approximate surface area is 85.1 Å². The number of hydrogen-bond acceptors (Lipinski definition) is 3. The van der Waals surface area contributed by atoms with Gasteiger partial charge in [0, 0.05) is 19.0 Å². The standard InChI is InChI=1S/C11H19NO2/c1-9(2)12-8-10(13)5-6-11-4-3-7-14-11/h3-4,7,9-10,12-13H,5-6,8H2,1-2H3. The van der Waals surface area contributed by atoms with Crippen LogP contribution in [-0.2, 0) is 6.42 Å². The molecule has 1 unspecified atom stereocenters. The highest BCUT2D eigenvalue weighted by Gasteiger charge is 2.06. The fraction of sp³-hybridized carbons (Fsp3) is 0.636. The molecule has 3 heteroatoms. The van der Waals surface area contributed by atoms with Gasteiger partial charge in [-0.1, -0.05) is 13.8 Å². The summed E-state index contributed by atoms with van der Waals surface area (Å²) in [7, 11) is 0. The Morgan fingerprint density at radius 2 is 2.29 bits per heavy atom. The summed E-state index contributed by atoms with van der Waals surface area (Å²) in [5.74, 6) is 0.939. The first kappa shape index (κ1) is 11.3. The molecule has 3 nitrogen and oxygen atoms in total. The highest BCUT2D eigenvalue weighted by atomic mass is 16.3. The number of furan rings is 1. The molecule has 14 heavy (non-hydrogen) atoms. The molecule has 0 aliphatic carbocycles. The van der Waals surface area contributed by atoms with Gasteiger partial charge in [-0.15, -0.1) is 0 Å². The molecule has 1 heterocycles. The maximum Gasteiger partial charge on any atom is 0.103 e. The lowest BCUT2D eigenvalue weighted by atomic mass is 10.1. The second-order valence-electron chi connectivity index (χ2n) is 3.83. The van der Waals surface area contributed by atoms with Crippen LogP contribution in [0.1, 0.15) is 26.0 Å². The van der Waals surface area contributed by atoms with Crippen molar-refractivity contribution in [1.29, 1.82) is 0 Å². The normalized spacial score (nSPS) is 13.4. The van der Waals surface area contributed by atoms with Gasteiger partial charge in [-0.05, 0) is 18.6 Å². The molecule has 0 aliphatic rings. The smallest absolute Gasteiger partial charge is 0.103 e. The van der Waals surface area contributed by atoms with Gasteiger partial charge in [0.1, 0.15) is 5.76 Å². The highest BCUT2D eigenvalue weighted by Crippen LogP contribution is 2.05. The molecule has 0 saturated heterocycles. The van der Waals surface area contributed by atoms with Crippen molar-refractivity contribution in [2.24, 2.45) is 0 Å². The summed E-state index contributed by atoms with van der Waals surface area (Å²) in [6.07, 6.45) is 2.91. The molecule has 2 N–H and O–H groups in total. The van der Waals surface area contributed by atoms with Gasteiger partial charge in [0.25, 0.3) is 0 Å². The van der Waals surface area contributed by atoms with E-state index in [0.717, 1.165) is 18.6 Å². The van der Waals surface area contributed by atoms with Gasteiger partial charge < -0.3 is 14.8 Å². The largest absolute Gasteiger partial charge is 0.469 e. The third-order valence-corrected chi connectivity index (χ3v) is 2.07. The zero-order chi connectivity index (χ0) is 10.4. The summed E-state index contributed by atoms with van der Waals surface area (Å²) in [6.45, 7) is 4.79. The number of rotatable bonds is 6. The molecule has 0 radical (unpaired) electrons. The topological polar surface area (TPSA) is 45.4 Å². The Kier molecular flexibility index (Phi) is 4.70. The third-order valence-electron chi connectivity index (χ3n) is 2.07. The maximum absolute atomic E-state index is 9.59. The van der Waals surface area contributed by atoms with E-state index in [-0.39, 0.29) is 6.10 Å². The minimum atomic E-state index is -0.289. The summed E-state index contributed by atoms with van der Waals surface area (Å²) in [6, 6.07) is 4.23. The van der Waals surface area contributed by atoms with Gasteiger partial charge in [-0.25, -0.2) is 0 Å². The monoisotopic (exact) mass is 197 g/mol. The number of nitrogens with one attached hydrogen (secondary N) is 1. The van der Waals surface area contributed by atoms with E-state index in [4.69, 9.17) is 4.42 Å². The molecule has 0 aliphatic heterocycles. The van der Waals surface area contributed by atoms with Crippen molar-refractivity contribution in [1.82, 2.24) is 5.32 Å². The Morgan fingerprint density at radius 1 is 1.50 bits per heavy atom. The van der Waals surface area contributed by atoms with Gasteiger partial charge in [-0.3, -0.25) is 0 Å². The van der Waals surface area contributed by atoms with E-state index < -0.39 is 0 Å². The average molecular weight is 197 g/mol. The second kappa shape index (κ2) is 5.83. The highest BCUT2D eigenvalue weighted by molar-refractivity contribution is 4.98. The molecule has 0 amide bonds.